The molecule has 2 aliphatic rings. The highest BCUT2D eigenvalue weighted by Gasteiger charge is 2.53. The molecular weight excluding hydrogens is 340 g/mol. The molecular formula is C15H19BrO5. The zero-order valence-corrected chi connectivity index (χ0v) is 13.3. The van der Waals surface area contributed by atoms with Crippen LogP contribution in [-0.2, 0) is 25.6 Å². The molecule has 116 valence electrons. The largest absolute Gasteiger partial charge is 0.389 e. The van der Waals surface area contributed by atoms with Gasteiger partial charge in [0.15, 0.2) is 6.29 Å². The Morgan fingerprint density at radius 2 is 2.05 bits per heavy atom. The summed E-state index contributed by atoms with van der Waals surface area (Å²) in [7, 11) is 1.58. The molecule has 2 fully saturated rings. The Balaban J connectivity index is 1.68. The van der Waals surface area contributed by atoms with E-state index in [4.69, 9.17) is 18.9 Å². The van der Waals surface area contributed by atoms with Crippen molar-refractivity contribution >= 4 is 15.9 Å². The number of methoxy groups -OCH3 is 1. The van der Waals surface area contributed by atoms with Crippen LogP contribution in [0.4, 0.5) is 0 Å². The van der Waals surface area contributed by atoms with Gasteiger partial charge in [-0.2, -0.15) is 0 Å². The molecule has 3 rings (SSSR count). The molecule has 0 saturated carbocycles. The number of hydrogen-bond donors (Lipinski definition) is 1. The van der Waals surface area contributed by atoms with Gasteiger partial charge in [0.2, 0.25) is 0 Å². The number of ether oxygens (including phenoxy) is 4. The quantitative estimate of drug-likeness (QED) is 0.826. The molecule has 0 amide bonds. The lowest BCUT2D eigenvalue weighted by Crippen LogP contribution is -2.51. The van der Waals surface area contributed by atoms with Crippen molar-refractivity contribution in [2.45, 2.75) is 42.1 Å². The fraction of sp³-hybridized carbons (Fsp3) is 0.600. The Labute approximate surface area is 132 Å². The lowest BCUT2D eigenvalue weighted by Gasteiger charge is -2.34. The fourth-order valence-electron chi connectivity index (χ4n) is 2.75. The Morgan fingerprint density at radius 1 is 1.29 bits per heavy atom. The van der Waals surface area contributed by atoms with E-state index >= 15 is 0 Å². The number of benzene rings is 1. The van der Waals surface area contributed by atoms with Crippen molar-refractivity contribution in [1.82, 2.24) is 0 Å². The molecule has 0 radical (unpaired) electrons. The van der Waals surface area contributed by atoms with Crippen molar-refractivity contribution in [3.63, 3.8) is 0 Å². The SMILES string of the molecule is CO[C@@H]1O[C@@H]2[C@H](Br)[C@@H](O)CO[C@H]2[C@H]1OCc1ccccc1. The van der Waals surface area contributed by atoms with Gasteiger partial charge in [0.25, 0.3) is 0 Å². The van der Waals surface area contributed by atoms with Crippen molar-refractivity contribution in [1.29, 1.82) is 0 Å². The third-order valence-corrected chi connectivity index (χ3v) is 5.00. The topological polar surface area (TPSA) is 57.2 Å². The monoisotopic (exact) mass is 358 g/mol. The number of alkyl halides is 1. The van der Waals surface area contributed by atoms with Crippen molar-refractivity contribution in [2.75, 3.05) is 13.7 Å². The molecule has 0 aromatic heterocycles. The number of halogens is 1. The summed E-state index contributed by atoms with van der Waals surface area (Å²) in [6.07, 6.45) is -1.91. The Morgan fingerprint density at radius 3 is 2.76 bits per heavy atom. The molecule has 1 N–H and O–H groups in total. The minimum atomic E-state index is -0.586. The van der Waals surface area contributed by atoms with E-state index < -0.39 is 12.4 Å². The van der Waals surface area contributed by atoms with Crippen LogP contribution in [0.1, 0.15) is 5.56 Å². The zero-order chi connectivity index (χ0) is 14.8. The van der Waals surface area contributed by atoms with Gasteiger partial charge < -0.3 is 24.1 Å². The van der Waals surface area contributed by atoms with Gasteiger partial charge in [0, 0.05) is 7.11 Å². The summed E-state index contributed by atoms with van der Waals surface area (Å²) in [5.74, 6) is 0. The Hall–Kier alpha value is -0.500. The van der Waals surface area contributed by atoms with E-state index in [2.05, 4.69) is 15.9 Å². The number of aliphatic hydroxyl groups is 1. The summed E-state index contributed by atoms with van der Waals surface area (Å²) in [5.41, 5.74) is 1.09. The van der Waals surface area contributed by atoms with Gasteiger partial charge in [0.05, 0.1) is 24.1 Å². The van der Waals surface area contributed by atoms with Crippen molar-refractivity contribution < 1.29 is 24.1 Å². The first-order valence-corrected chi connectivity index (χ1v) is 7.90. The molecule has 21 heavy (non-hydrogen) atoms. The molecule has 2 heterocycles. The summed E-state index contributed by atoms with van der Waals surface area (Å²) < 4.78 is 22.9. The van der Waals surface area contributed by atoms with Crippen LogP contribution in [0.15, 0.2) is 30.3 Å². The van der Waals surface area contributed by atoms with E-state index in [0.717, 1.165) is 5.56 Å². The van der Waals surface area contributed by atoms with E-state index in [9.17, 15) is 5.11 Å². The standard InChI is InChI=1S/C15H19BrO5/c1-18-15-14(19-7-9-5-3-2-4-6-9)13-12(21-15)11(16)10(17)8-20-13/h2-6,10-15,17H,7-8H2,1H3/t10-,11+,12+,13+,14+,15+/m0/s1. The van der Waals surface area contributed by atoms with Crippen molar-refractivity contribution in [2.24, 2.45) is 0 Å². The predicted octanol–water partition coefficient (Wildman–Crippen LogP) is 1.47. The molecule has 0 aliphatic carbocycles. The number of aliphatic hydroxyl groups excluding tert-OH is 1. The van der Waals surface area contributed by atoms with Crippen LogP contribution < -0.4 is 0 Å². The maximum absolute atomic E-state index is 9.84. The van der Waals surface area contributed by atoms with Gasteiger partial charge in [-0.25, -0.2) is 0 Å². The van der Waals surface area contributed by atoms with E-state index in [-0.39, 0.29) is 29.7 Å². The molecule has 0 spiro atoms. The maximum Gasteiger partial charge on any atom is 0.186 e. The molecule has 6 heteroatoms. The van der Waals surface area contributed by atoms with Gasteiger partial charge in [0.1, 0.15) is 18.3 Å². The summed E-state index contributed by atoms with van der Waals surface area (Å²) in [5, 5.41) is 9.84. The first-order valence-electron chi connectivity index (χ1n) is 6.98. The van der Waals surface area contributed by atoms with E-state index in [0.29, 0.717) is 6.61 Å². The molecule has 1 aromatic carbocycles. The van der Waals surface area contributed by atoms with Crippen molar-refractivity contribution in [3.05, 3.63) is 35.9 Å². The number of rotatable bonds is 4. The second kappa shape index (κ2) is 6.73. The predicted molar refractivity (Wildman–Crippen MR) is 79.2 cm³/mol. The first-order chi connectivity index (χ1) is 10.2. The van der Waals surface area contributed by atoms with Gasteiger partial charge in [-0.1, -0.05) is 46.3 Å². The van der Waals surface area contributed by atoms with E-state index in [1.807, 2.05) is 30.3 Å². The molecule has 1 aromatic rings. The van der Waals surface area contributed by atoms with Crippen LogP contribution in [0.2, 0.25) is 0 Å². The van der Waals surface area contributed by atoms with Crippen molar-refractivity contribution in [3.8, 4) is 0 Å². The molecule has 0 unspecified atom stereocenters. The zero-order valence-electron chi connectivity index (χ0n) is 11.7. The van der Waals surface area contributed by atoms with Crippen LogP contribution in [0, 0.1) is 0 Å². The number of hydrogen-bond acceptors (Lipinski definition) is 5. The smallest absolute Gasteiger partial charge is 0.186 e. The highest BCUT2D eigenvalue weighted by molar-refractivity contribution is 9.09. The lowest BCUT2D eigenvalue weighted by molar-refractivity contribution is -0.164. The van der Waals surface area contributed by atoms with Crippen LogP contribution >= 0.6 is 15.9 Å². The van der Waals surface area contributed by atoms with E-state index in [1.165, 1.54) is 0 Å². The minimum absolute atomic E-state index is 0.181. The van der Waals surface area contributed by atoms with Gasteiger partial charge in [-0.05, 0) is 5.56 Å². The second-order valence-corrected chi connectivity index (χ2v) is 6.33. The fourth-order valence-corrected chi connectivity index (χ4v) is 3.33. The average Bonchev–Trinajstić information content (AvgIpc) is 2.88. The summed E-state index contributed by atoms with van der Waals surface area (Å²) in [6.45, 7) is 0.735. The highest BCUT2D eigenvalue weighted by atomic mass is 79.9. The summed E-state index contributed by atoms with van der Waals surface area (Å²) >= 11 is 3.47. The molecule has 2 aliphatic heterocycles. The summed E-state index contributed by atoms with van der Waals surface area (Å²) in [6, 6.07) is 9.93. The normalized spacial score (nSPS) is 39.2. The molecule has 2 saturated heterocycles. The van der Waals surface area contributed by atoms with Crippen LogP contribution in [0.5, 0.6) is 0 Å². The summed E-state index contributed by atoms with van der Waals surface area (Å²) in [4.78, 5) is -0.181. The Kier molecular flexibility index (Phi) is 4.93. The minimum Gasteiger partial charge on any atom is -0.389 e. The first kappa shape index (κ1) is 15.4. The molecule has 0 bridgehead atoms. The Bertz CT molecular complexity index is 457. The van der Waals surface area contributed by atoms with Gasteiger partial charge in [-0.3, -0.25) is 0 Å². The lowest BCUT2D eigenvalue weighted by atomic mass is 10.0. The third kappa shape index (κ3) is 3.16. The maximum atomic E-state index is 9.84. The highest BCUT2D eigenvalue weighted by Crippen LogP contribution is 2.36. The van der Waals surface area contributed by atoms with Gasteiger partial charge >= 0.3 is 0 Å². The van der Waals surface area contributed by atoms with Crippen LogP contribution in [0.3, 0.4) is 0 Å². The molecule has 6 atom stereocenters. The average molecular weight is 359 g/mol. The van der Waals surface area contributed by atoms with Crippen LogP contribution in [-0.4, -0.2) is 54.4 Å². The second-order valence-electron chi connectivity index (χ2n) is 5.28. The van der Waals surface area contributed by atoms with Crippen LogP contribution in [0.25, 0.3) is 0 Å². The number of fused-ring (bicyclic) bond motifs is 1. The van der Waals surface area contributed by atoms with E-state index in [1.54, 1.807) is 7.11 Å². The van der Waals surface area contributed by atoms with Gasteiger partial charge in [-0.15, -0.1) is 0 Å². The third-order valence-electron chi connectivity index (χ3n) is 3.87. The molecule has 5 nitrogen and oxygen atoms in total.